The van der Waals surface area contributed by atoms with E-state index in [9.17, 15) is 14.0 Å². The quantitative estimate of drug-likeness (QED) is 0.779. The Morgan fingerprint density at radius 3 is 2.71 bits per heavy atom. The molecule has 5 nitrogen and oxygen atoms in total. The lowest BCUT2D eigenvalue weighted by atomic mass is 10.0. The van der Waals surface area contributed by atoms with Crippen molar-refractivity contribution in [2.45, 2.75) is 25.3 Å². The van der Waals surface area contributed by atoms with Crippen LogP contribution < -0.4 is 5.32 Å². The summed E-state index contributed by atoms with van der Waals surface area (Å²) in [6, 6.07) is 4.21. The lowest BCUT2D eigenvalue weighted by molar-refractivity contribution is -0.149. The van der Waals surface area contributed by atoms with E-state index in [0.717, 1.165) is 0 Å². The third-order valence-electron chi connectivity index (χ3n) is 2.95. The molecule has 0 aromatic heterocycles. The highest BCUT2D eigenvalue weighted by Crippen LogP contribution is 2.19. The molecule has 1 rings (SSSR count). The molecular weight excluding hydrogens is 345 g/mol. The first-order valence-corrected chi connectivity index (χ1v) is 7.05. The van der Waals surface area contributed by atoms with Gasteiger partial charge in [0, 0.05) is 18.0 Å². The fraction of sp³-hybridized carbons (Fsp3) is 0.429. The molecule has 0 heterocycles. The molecular formula is C14H17BrFNO4. The standard InChI is InChI=1S/C14H17BrFNO4/c1-14(8-21-2,13(19)20)17-12(18)6-3-9-7-10(16)4-5-11(9)15/h4-5,7H,3,6,8H2,1-2H3,(H,17,18)(H,19,20). The molecule has 1 unspecified atom stereocenters. The molecule has 0 aliphatic carbocycles. The summed E-state index contributed by atoms with van der Waals surface area (Å²) in [6.45, 7) is 1.23. The van der Waals surface area contributed by atoms with Crippen molar-refractivity contribution in [3.8, 4) is 0 Å². The zero-order valence-electron chi connectivity index (χ0n) is 11.8. The van der Waals surface area contributed by atoms with Crippen LogP contribution >= 0.6 is 15.9 Å². The van der Waals surface area contributed by atoms with Crippen LogP contribution in [-0.2, 0) is 20.7 Å². The average Bonchev–Trinajstić information content (AvgIpc) is 2.40. The van der Waals surface area contributed by atoms with Gasteiger partial charge in [-0.2, -0.15) is 0 Å². The summed E-state index contributed by atoms with van der Waals surface area (Å²) in [6.07, 6.45) is 0.349. The van der Waals surface area contributed by atoms with Crippen molar-refractivity contribution in [2.24, 2.45) is 0 Å². The van der Waals surface area contributed by atoms with E-state index in [4.69, 9.17) is 9.84 Å². The Hall–Kier alpha value is -1.47. The number of carboxylic acid groups (broad SMARTS) is 1. The zero-order valence-corrected chi connectivity index (χ0v) is 13.4. The molecule has 0 aliphatic rings. The molecule has 0 bridgehead atoms. The van der Waals surface area contributed by atoms with E-state index >= 15 is 0 Å². The Kier molecular flexibility index (Phi) is 6.29. The van der Waals surface area contributed by atoms with Crippen molar-refractivity contribution in [3.63, 3.8) is 0 Å². The van der Waals surface area contributed by atoms with E-state index in [1.54, 1.807) is 6.07 Å². The van der Waals surface area contributed by atoms with E-state index in [1.165, 1.54) is 26.2 Å². The first-order valence-electron chi connectivity index (χ1n) is 6.26. The van der Waals surface area contributed by atoms with Crippen LogP contribution in [0.5, 0.6) is 0 Å². The van der Waals surface area contributed by atoms with Gasteiger partial charge in [0.2, 0.25) is 5.91 Å². The number of carboxylic acids is 1. The van der Waals surface area contributed by atoms with Crippen LogP contribution in [0, 0.1) is 5.82 Å². The minimum Gasteiger partial charge on any atom is -0.479 e. The predicted molar refractivity (Wildman–Crippen MR) is 78.5 cm³/mol. The number of ether oxygens (including phenoxy) is 1. The van der Waals surface area contributed by atoms with Gasteiger partial charge in [-0.15, -0.1) is 0 Å². The fourth-order valence-corrected chi connectivity index (χ4v) is 2.24. The van der Waals surface area contributed by atoms with E-state index in [0.29, 0.717) is 16.5 Å². The maximum Gasteiger partial charge on any atom is 0.331 e. The van der Waals surface area contributed by atoms with Gasteiger partial charge in [-0.1, -0.05) is 15.9 Å². The van der Waals surface area contributed by atoms with Gasteiger partial charge in [0.1, 0.15) is 5.82 Å². The average molecular weight is 362 g/mol. The molecule has 1 aromatic rings. The number of methoxy groups -OCH3 is 1. The maximum atomic E-state index is 13.1. The molecule has 0 saturated carbocycles. The second kappa shape index (κ2) is 7.51. The van der Waals surface area contributed by atoms with Crippen LogP contribution in [0.1, 0.15) is 18.9 Å². The van der Waals surface area contributed by atoms with E-state index < -0.39 is 17.4 Å². The predicted octanol–water partition coefficient (Wildman–Crippen LogP) is 2.13. The number of carbonyl (C=O) groups is 2. The number of rotatable bonds is 7. The van der Waals surface area contributed by atoms with Crippen molar-refractivity contribution in [1.82, 2.24) is 5.32 Å². The smallest absolute Gasteiger partial charge is 0.331 e. The number of benzene rings is 1. The third kappa shape index (κ3) is 5.09. The Morgan fingerprint density at radius 1 is 1.48 bits per heavy atom. The SMILES string of the molecule is COCC(C)(NC(=O)CCc1cc(F)ccc1Br)C(=O)O. The second-order valence-electron chi connectivity index (χ2n) is 4.85. The number of aryl methyl sites for hydroxylation is 1. The van der Waals surface area contributed by atoms with Crippen molar-refractivity contribution in [1.29, 1.82) is 0 Å². The Labute approximate surface area is 130 Å². The maximum absolute atomic E-state index is 13.1. The van der Waals surface area contributed by atoms with Crippen LogP contribution in [0.3, 0.4) is 0 Å². The first-order chi connectivity index (χ1) is 9.78. The topological polar surface area (TPSA) is 75.6 Å². The number of aliphatic carboxylic acids is 1. The number of carbonyl (C=O) groups excluding carboxylic acids is 1. The number of hydrogen-bond acceptors (Lipinski definition) is 3. The van der Waals surface area contributed by atoms with Gasteiger partial charge >= 0.3 is 5.97 Å². The zero-order chi connectivity index (χ0) is 16.0. The highest BCUT2D eigenvalue weighted by molar-refractivity contribution is 9.10. The summed E-state index contributed by atoms with van der Waals surface area (Å²) in [5.74, 6) is -2.00. The lowest BCUT2D eigenvalue weighted by Crippen LogP contribution is -2.55. The van der Waals surface area contributed by atoms with Gasteiger partial charge in [0.25, 0.3) is 0 Å². The van der Waals surface area contributed by atoms with Crippen molar-refractivity contribution >= 4 is 27.8 Å². The molecule has 0 saturated heterocycles. The monoisotopic (exact) mass is 361 g/mol. The van der Waals surface area contributed by atoms with Crippen LogP contribution in [0.2, 0.25) is 0 Å². The van der Waals surface area contributed by atoms with Crippen LogP contribution in [0.4, 0.5) is 4.39 Å². The molecule has 0 spiro atoms. The summed E-state index contributed by atoms with van der Waals surface area (Å²) in [4.78, 5) is 23.0. The molecule has 1 atom stereocenters. The van der Waals surface area contributed by atoms with Gasteiger partial charge in [-0.25, -0.2) is 9.18 Å². The minimum absolute atomic E-state index is 0.0502. The molecule has 2 N–H and O–H groups in total. The van der Waals surface area contributed by atoms with Crippen LogP contribution in [0.15, 0.2) is 22.7 Å². The molecule has 1 amide bonds. The van der Waals surface area contributed by atoms with Crippen molar-refractivity contribution < 1.29 is 23.8 Å². The summed E-state index contributed by atoms with van der Waals surface area (Å²) in [7, 11) is 1.36. The molecule has 21 heavy (non-hydrogen) atoms. The van der Waals surface area contributed by atoms with E-state index in [-0.39, 0.29) is 18.8 Å². The fourth-order valence-electron chi connectivity index (χ4n) is 1.79. The number of hydrogen-bond donors (Lipinski definition) is 2. The third-order valence-corrected chi connectivity index (χ3v) is 3.72. The summed E-state index contributed by atoms with van der Waals surface area (Å²) in [5, 5.41) is 11.6. The van der Waals surface area contributed by atoms with Crippen molar-refractivity contribution in [3.05, 3.63) is 34.1 Å². The molecule has 7 heteroatoms. The van der Waals surface area contributed by atoms with Gasteiger partial charge in [-0.3, -0.25) is 4.79 Å². The van der Waals surface area contributed by atoms with Crippen LogP contribution in [-0.4, -0.2) is 36.2 Å². The van der Waals surface area contributed by atoms with E-state index in [2.05, 4.69) is 21.2 Å². The Morgan fingerprint density at radius 2 is 2.14 bits per heavy atom. The van der Waals surface area contributed by atoms with Gasteiger partial charge in [-0.05, 0) is 37.1 Å². The molecule has 0 fully saturated rings. The molecule has 0 aliphatic heterocycles. The van der Waals surface area contributed by atoms with E-state index in [1.807, 2.05) is 0 Å². The molecule has 1 aromatic carbocycles. The number of nitrogens with one attached hydrogen (secondary N) is 1. The highest BCUT2D eigenvalue weighted by atomic mass is 79.9. The second-order valence-corrected chi connectivity index (χ2v) is 5.71. The lowest BCUT2D eigenvalue weighted by Gasteiger charge is -2.25. The highest BCUT2D eigenvalue weighted by Gasteiger charge is 2.34. The van der Waals surface area contributed by atoms with Crippen molar-refractivity contribution in [2.75, 3.05) is 13.7 Å². The largest absolute Gasteiger partial charge is 0.479 e. The van der Waals surface area contributed by atoms with Gasteiger partial charge in [0.05, 0.1) is 6.61 Å². The summed E-state index contributed by atoms with van der Waals surface area (Å²) < 4.78 is 18.7. The Balaban J connectivity index is 2.65. The molecule has 0 radical (unpaired) electrons. The summed E-state index contributed by atoms with van der Waals surface area (Å²) >= 11 is 3.28. The first kappa shape index (κ1) is 17.6. The summed E-state index contributed by atoms with van der Waals surface area (Å²) in [5.41, 5.74) is -0.834. The minimum atomic E-state index is -1.48. The normalized spacial score (nSPS) is 13.5. The number of amides is 1. The Bertz CT molecular complexity index is 538. The van der Waals surface area contributed by atoms with Gasteiger partial charge in [0.15, 0.2) is 5.54 Å². The van der Waals surface area contributed by atoms with Crippen LogP contribution in [0.25, 0.3) is 0 Å². The van der Waals surface area contributed by atoms with Gasteiger partial charge < -0.3 is 15.2 Å². The molecule has 116 valence electrons. The number of halogens is 2.